The lowest BCUT2D eigenvalue weighted by Gasteiger charge is -2.21. The fraction of sp³-hybridized carbons (Fsp3) is 0.421. The molecule has 2 aromatic heterocycles. The predicted octanol–water partition coefficient (Wildman–Crippen LogP) is 4.62. The maximum absolute atomic E-state index is 12.6. The quantitative estimate of drug-likeness (QED) is 0.649. The minimum absolute atomic E-state index is 0.176. The Balaban J connectivity index is 1.51. The topological polar surface area (TPSA) is 75.6 Å². The van der Waals surface area contributed by atoms with E-state index in [-0.39, 0.29) is 5.56 Å². The number of hydrogen-bond donors (Lipinski definition) is 2. The van der Waals surface area contributed by atoms with Gasteiger partial charge in [0.15, 0.2) is 5.52 Å². The highest BCUT2D eigenvalue weighted by atomic mass is 35.5. The van der Waals surface area contributed by atoms with E-state index >= 15 is 0 Å². The highest BCUT2D eigenvalue weighted by Gasteiger charge is 2.17. The monoisotopic (exact) mass is 405 g/mol. The Morgan fingerprint density at radius 1 is 1.19 bits per heavy atom. The Hall–Kier alpha value is -2.05. The number of aromatic nitrogens is 4. The van der Waals surface area contributed by atoms with Gasteiger partial charge in [0, 0.05) is 13.1 Å². The van der Waals surface area contributed by atoms with Crippen molar-refractivity contribution in [2.45, 2.75) is 45.2 Å². The zero-order valence-electron chi connectivity index (χ0n) is 14.8. The minimum Gasteiger partial charge on any atom is -0.352 e. The molecule has 0 saturated heterocycles. The van der Waals surface area contributed by atoms with Crippen LogP contribution in [0.15, 0.2) is 29.2 Å². The molecular formula is C19H21Cl2N5O. The molecule has 1 aliphatic carbocycles. The van der Waals surface area contributed by atoms with Crippen molar-refractivity contribution in [2.24, 2.45) is 5.92 Å². The van der Waals surface area contributed by atoms with E-state index in [0.29, 0.717) is 39.5 Å². The van der Waals surface area contributed by atoms with E-state index in [1.54, 1.807) is 23.0 Å². The van der Waals surface area contributed by atoms with Gasteiger partial charge in [-0.1, -0.05) is 48.5 Å². The van der Waals surface area contributed by atoms with Crippen LogP contribution in [-0.4, -0.2) is 19.7 Å². The number of nitrogens with zero attached hydrogens (tertiary/aromatic N) is 3. The molecule has 27 heavy (non-hydrogen) atoms. The average molecular weight is 406 g/mol. The van der Waals surface area contributed by atoms with Crippen molar-refractivity contribution < 1.29 is 0 Å². The molecule has 8 heteroatoms. The van der Waals surface area contributed by atoms with Crippen LogP contribution in [0.1, 0.15) is 37.7 Å². The second-order valence-corrected chi connectivity index (χ2v) is 7.90. The number of H-pyrrole nitrogens is 1. The zero-order chi connectivity index (χ0) is 18.8. The van der Waals surface area contributed by atoms with Crippen LogP contribution in [0, 0.1) is 5.92 Å². The molecule has 2 heterocycles. The lowest BCUT2D eigenvalue weighted by atomic mass is 9.89. The van der Waals surface area contributed by atoms with Gasteiger partial charge in [-0.25, -0.2) is 4.98 Å². The van der Waals surface area contributed by atoms with Gasteiger partial charge in [0.05, 0.1) is 16.2 Å². The van der Waals surface area contributed by atoms with Crippen molar-refractivity contribution >= 4 is 40.2 Å². The van der Waals surface area contributed by atoms with Gasteiger partial charge in [-0.15, -0.1) is 0 Å². The summed E-state index contributed by atoms with van der Waals surface area (Å²) in [6, 6.07) is 5.41. The first-order valence-electron chi connectivity index (χ1n) is 9.24. The zero-order valence-corrected chi connectivity index (χ0v) is 16.4. The third kappa shape index (κ3) is 4.12. The Morgan fingerprint density at radius 2 is 2.00 bits per heavy atom. The smallest absolute Gasteiger partial charge is 0.278 e. The molecule has 0 radical (unpaired) electrons. The number of rotatable bonds is 5. The fourth-order valence-corrected chi connectivity index (χ4v) is 4.00. The van der Waals surface area contributed by atoms with Crippen molar-refractivity contribution in [1.82, 2.24) is 19.7 Å². The summed E-state index contributed by atoms with van der Waals surface area (Å²) in [4.78, 5) is 19.9. The molecule has 1 fully saturated rings. The molecule has 0 spiro atoms. The maximum atomic E-state index is 12.6. The number of benzene rings is 1. The molecule has 4 rings (SSSR count). The van der Waals surface area contributed by atoms with E-state index in [4.69, 9.17) is 23.2 Å². The van der Waals surface area contributed by atoms with Crippen molar-refractivity contribution in [3.63, 3.8) is 0 Å². The van der Waals surface area contributed by atoms with Crippen molar-refractivity contribution in [3.8, 4) is 0 Å². The molecule has 1 aromatic carbocycles. The van der Waals surface area contributed by atoms with Gasteiger partial charge in [-0.3, -0.25) is 14.5 Å². The van der Waals surface area contributed by atoms with Gasteiger partial charge >= 0.3 is 0 Å². The third-order valence-corrected chi connectivity index (χ3v) is 5.84. The normalized spacial score (nSPS) is 15.3. The summed E-state index contributed by atoms with van der Waals surface area (Å²) in [5.74, 6) is 1.00. The van der Waals surface area contributed by atoms with Crippen molar-refractivity contribution in [1.29, 1.82) is 0 Å². The van der Waals surface area contributed by atoms with Gasteiger partial charge in [0.25, 0.3) is 5.56 Å². The first-order valence-corrected chi connectivity index (χ1v) is 9.99. The molecule has 0 bridgehead atoms. The van der Waals surface area contributed by atoms with Gasteiger partial charge < -0.3 is 5.32 Å². The number of hydrogen-bond acceptors (Lipinski definition) is 4. The fourth-order valence-electron chi connectivity index (χ4n) is 3.68. The van der Waals surface area contributed by atoms with Gasteiger partial charge in [-0.2, -0.15) is 5.10 Å². The molecule has 3 aromatic rings. The number of nitrogens with one attached hydrogen (secondary N) is 2. The lowest BCUT2D eigenvalue weighted by Crippen LogP contribution is -2.20. The largest absolute Gasteiger partial charge is 0.352 e. The number of halogens is 2. The van der Waals surface area contributed by atoms with Crippen LogP contribution in [0.2, 0.25) is 10.0 Å². The maximum Gasteiger partial charge on any atom is 0.278 e. The summed E-state index contributed by atoms with van der Waals surface area (Å²) in [6.45, 7) is 1.26. The second-order valence-electron chi connectivity index (χ2n) is 7.08. The van der Waals surface area contributed by atoms with Crippen LogP contribution < -0.4 is 10.9 Å². The van der Waals surface area contributed by atoms with E-state index in [9.17, 15) is 4.79 Å². The van der Waals surface area contributed by atoms with Gasteiger partial charge in [-0.05, 0) is 36.5 Å². The van der Waals surface area contributed by atoms with Crippen molar-refractivity contribution in [2.75, 3.05) is 5.32 Å². The standard InChI is InChI=1S/C19H21Cl2N5O/c20-14-7-6-13(8-15(14)21)9-22-19-24-16-10-23-26(17(16)18(27)25-19)11-12-4-2-1-3-5-12/h6-8,10,12H,1-5,9,11H2,(H2,22,24,25,27). The number of aromatic amines is 1. The number of fused-ring (bicyclic) bond motifs is 1. The van der Waals surface area contributed by atoms with Crippen LogP contribution in [0.3, 0.4) is 0 Å². The molecule has 0 amide bonds. The summed E-state index contributed by atoms with van der Waals surface area (Å²) in [5, 5.41) is 8.54. The van der Waals surface area contributed by atoms with E-state index < -0.39 is 0 Å². The summed E-state index contributed by atoms with van der Waals surface area (Å²) < 4.78 is 1.81. The summed E-state index contributed by atoms with van der Waals surface area (Å²) >= 11 is 12.0. The Morgan fingerprint density at radius 3 is 2.78 bits per heavy atom. The predicted molar refractivity (Wildman–Crippen MR) is 109 cm³/mol. The molecular weight excluding hydrogens is 385 g/mol. The highest BCUT2D eigenvalue weighted by Crippen LogP contribution is 2.26. The van der Waals surface area contributed by atoms with Crippen LogP contribution in [0.4, 0.5) is 5.95 Å². The first-order chi connectivity index (χ1) is 13.1. The van der Waals surface area contributed by atoms with Crippen LogP contribution in [0.25, 0.3) is 11.0 Å². The number of anilines is 1. The SMILES string of the molecule is O=c1[nH]c(NCc2ccc(Cl)c(Cl)c2)nc2cnn(CC3CCCCC3)c12. The van der Waals surface area contributed by atoms with E-state index in [1.165, 1.54) is 32.1 Å². The third-order valence-electron chi connectivity index (χ3n) is 5.10. The van der Waals surface area contributed by atoms with Crippen molar-refractivity contribution in [3.05, 3.63) is 50.4 Å². The minimum atomic E-state index is -0.176. The molecule has 142 valence electrons. The van der Waals surface area contributed by atoms with Gasteiger partial charge in [0.2, 0.25) is 5.95 Å². The molecule has 0 unspecified atom stereocenters. The Labute approximate surface area is 166 Å². The Bertz CT molecular complexity index is 1010. The molecule has 0 atom stereocenters. The van der Waals surface area contributed by atoms with Gasteiger partial charge in [0.1, 0.15) is 5.52 Å². The molecule has 6 nitrogen and oxygen atoms in total. The van der Waals surface area contributed by atoms with E-state index in [2.05, 4.69) is 20.4 Å². The lowest BCUT2D eigenvalue weighted by molar-refractivity contribution is 0.311. The highest BCUT2D eigenvalue weighted by molar-refractivity contribution is 6.42. The molecule has 0 aliphatic heterocycles. The van der Waals surface area contributed by atoms with Crippen LogP contribution >= 0.6 is 23.2 Å². The summed E-state index contributed by atoms with van der Waals surface area (Å²) in [5.41, 5.74) is 1.91. The molecule has 1 aliphatic rings. The average Bonchev–Trinajstić information content (AvgIpc) is 3.07. The molecule has 1 saturated carbocycles. The van der Waals surface area contributed by atoms with E-state index in [1.807, 2.05) is 6.07 Å². The summed E-state index contributed by atoms with van der Waals surface area (Å²) in [7, 11) is 0. The second kappa shape index (κ2) is 7.90. The van der Waals surface area contributed by atoms with Crippen LogP contribution in [-0.2, 0) is 13.1 Å². The Kier molecular flexibility index (Phi) is 5.36. The molecule has 2 N–H and O–H groups in total. The first kappa shape index (κ1) is 18.3. The van der Waals surface area contributed by atoms with E-state index in [0.717, 1.165) is 12.1 Å². The summed E-state index contributed by atoms with van der Waals surface area (Å²) in [6.07, 6.45) is 7.92. The van der Waals surface area contributed by atoms with Crippen LogP contribution in [0.5, 0.6) is 0 Å².